The van der Waals surface area contributed by atoms with Crippen LogP contribution < -0.4 is 5.48 Å². The molecule has 0 saturated heterocycles. The van der Waals surface area contributed by atoms with Gasteiger partial charge in [-0.05, 0) is 32.6 Å². The molecule has 0 aliphatic rings. The Kier molecular flexibility index (Phi) is 25.2. The fraction of sp³-hybridized carbons (Fsp3) is 0.957. The minimum Gasteiger partial charge on any atom is -0.394 e. The van der Waals surface area contributed by atoms with Gasteiger partial charge in [0, 0.05) is 6.42 Å². The zero-order chi connectivity index (χ0) is 24.8. The molecule has 0 aromatic rings. The summed E-state index contributed by atoms with van der Waals surface area (Å²) in [5, 5.41) is 53.1. The van der Waals surface area contributed by atoms with E-state index in [-0.39, 0.29) is 12.5 Å². The van der Waals surface area contributed by atoms with Crippen molar-refractivity contribution < 1.29 is 35.5 Å². The van der Waals surface area contributed by atoms with Gasteiger partial charge in [-0.1, -0.05) is 79.1 Å². The zero-order valence-corrected chi connectivity index (χ0v) is 20.6. The highest BCUT2D eigenvalue weighted by Gasteiger charge is 2.32. The van der Waals surface area contributed by atoms with Crippen molar-refractivity contribution in [1.82, 2.24) is 5.48 Å². The third kappa shape index (κ3) is 25.4. The number of nitrogens with one attached hydrogen (secondary N) is 1. The summed E-state index contributed by atoms with van der Waals surface area (Å²) < 4.78 is 0. The van der Waals surface area contributed by atoms with Crippen LogP contribution in [0.2, 0.25) is 0 Å². The number of rotatable bonds is 15. The largest absolute Gasteiger partial charge is 0.394 e. The fourth-order valence-electron chi connectivity index (χ4n) is 2.55. The van der Waals surface area contributed by atoms with Crippen molar-refractivity contribution in [3.05, 3.63) is 0 Å². The number of aliphatic hydroxyl groups excluding tert-OH is 2. The first-order valence-electron chi connectivity index (χ1n) is 11.9. The molecule has 0 fully saturated rings. The van der Waals surface area contributed by atoms with Gasteiger partial charge in [-0.15, -0.1) is 0 Å². The van der Waals surface area contributed by atoms with Gasteiger partial charge < -0.3 is 25.5 Å². The number of aliphatic hydroxyl groups is 5. The Morgan fingerprint density at radius 3 is 1.65 bits per heavy atom. The minimum absolute atomic E-state index is 0.276. The summed E-state index contributed by atoms with van der Waals surface area (Å²) in [5.74, 6) is -1.73. The molecule has 8 heteroatoms. The third-order valence-corrected chi connectivity index (χ3v) is 5.17. The van der Waals surface area contributed by atoms with Crippen molar-refractivity contribution in [3.63, 3.8) is 0 Å². The topological polar surface area (TPSA) is 150 Å². The molecule has 0 aliphatic carbocycles. The van der Waals surface area contributed by atoms with Crippen LogP contribution in [0.3, 0.4) is 0 Å². The van der Waals surface area contributed by atoms with Gasteiger partial charge in [0.2, 0.25) is 5.91 Å². The van der Waals surface area contributed by atoms with Crippen molar-refractivity contribution >= 4 is 5.91 Å². The lowest BCUT2D eigenvalue weighted by Crippen LogP contribution is -2.43. The molecule has 31 heavy (non-hydrogen) atoms. The van der Waals surface area contributed by atoms with Crippen LogP contribution in [0.5, 0.6) is 0 Å². The Balaban J connectivity index is -0.000000410. The highest BCUT2D eigenvalue weighted by molar-refractivity contribution is 5.74. The van der Waals surface area contributed by atoms with Gasteiger partial charge in [0.25, 0.3) is 0 Å². The third-order valence-electron chi connectivity index (χ3n) is 5.17. The highest BCUT2D eigenvalue weighted by atomic mass is 16.5. The van der Waals surface area contributed by atoms with Gasteiger partial charge in [-0.2, -0.15) is 0 Å². The number of hydrogen-bond donors (Lipinski definition) is 7. The summed E-state index contributed by atoms with van der Waals surface area (Å²) in [6, 6.07) is 0. The fourth-order valence-corrected chi connectivity index (χ4v) is 2.55. The second-order valence-electron chi connectivity index (χ2n) is 8.24. The normalized spacial score (nSPS) is 13.8. The predicted molar refractivity (Wildman–Crippen MR) is 124 cm³/mol. The molecule has 0 saturated carbocycles. The quantitative estimate of drug-likeness (QED) is 0.0869. The maximum atomic E-state index is 10.5. The maximum Gasteiger partial charge on any atom is 0.243 e. The van der Waals surface area contributed by atoms with Gasteiger partial charge in [-0.25, -0.2) is 5.48 Å². The van der Waals surface area contributed by atoms with Crippen molar-refractivity contribution in [1.29, 1.82) is 0 Å². The van der Waals surface area contributed by atoms with E-state index in [9.17, 15) is 15.0 Å². The van der Waals surface area contributed by atoms with E-state index in [1.54, 1.807) is 12.4 Å². The summed E-state index contributed by atoms with van der Waals surface area (Å²) in [6.45, 7) is 8.82. The molecular formula is C23H51NO7. The molecular weight excluding hydrogens is 402 g/mol. The van der Waals surface area contributed by atoms with Crippen molar-refractivity contribution in [3.8, 4) is 0 Å². The Morgan fingerprint density at radius 2 is 1.29 bits per heavy atom. The highest BCUT2D eigenvalue weighted by Crippen LogP contribution is 2.23. The molecule has 0 aliphatic heterocycles. The minimum atomic E-state index is -1.46. The van der Waals surface area contributed by atoms with E-state index in [4.69, 9.17) is 20.5 Å². The summed E-state index contributed by atoms with van der Waals surface area (Å²) >= 11 is 0. The average Bonchev–Trinajstić information content (AvgIpc) is 2.76. The number of carbonyl (C=O) groups excluding carboxylic acids is 1. The Bertz CT molecular complexity index is 389. The molecule has 0 heterocycles. The molecule has 190 valence electrons. The first kappa shape index (κ1) is 34.8. The molecule has 0 aromatic heterocycles. The van der Waals surface area contributed by atoms with E-state index in [1.165, 1.54) is 26.2 Å². The molecule has 0 rings (SSSR count). The van der Waals surface area contributed by atoms with Crippen LogP contribution in [0.4, 0.5) is 0 Å². The summed E-state index contributed by atoms with van der Waals surface area (Å²) in [5.41, 5.74) is 0.522. The molecule has 0 radical (unpaired) electrons. The average molecular weight is 454 g/mol. The van der Waals surface area contributed by atoms with Gasteiger partial charge in [0.1, 0.15) is 6.10 Å². The van der Waals surface area contributed by atoms with Gasteiger partial charge in [0.15, 0.2) is 5.79 Å². The summed E-state index contributed by atoms with van der Waals surface area (Å²) in [4.78, 5) is 10.5. The Morgan fingerprint density at radius 1 is 0.839 bits per heavy atom. The molecule has 0 aromatic carbocycles. The lowest BCUT2D eigenvalue weighted by Gasteiger charge is -2.31. The molecule has 8 nitrogen and oxygen atoms in total. The van der Waals surface area contributed by atoms with E-state index in [0.29, 0.717) is 25.7 Å². The maximum absolute atomic E-state index is 10.5. The lowest BCUT2D eigenvalue weighted by molar-refractivity contribution is -0.145. The van der Waals surface area contributed by atoms with Crippen LogP contribution in [0.1, 0.15) is 118 Å². The van der Waals surface area contributed by atoms with Gasteiger partial charge >= 0.3 is 0 Å². The van der Waals surface area contributed by atoms with Crippen molar-refractivity contribution in [2.24, 2.45) is 0 Å². The molecule has 7 N–H and O–H groups in total. The zero-order valence-electron chi connectivity index (χ0n) is 20.6. The number of hydrogen-bond acceptors (Lipinski definition) is 7. The van der Waals surface area contributed by atoms with Crippen LogP contribution in [-0.2, 0) is 4.79 Å². The van der Waals surface area contributed by atoms with Gasteiger partial charge in [-0.3, -0.25) is 10.0 Å². The first-order chi connectivity index (χ1) is 14.5. The van der Waals surface area contributed by atoms with Crippen LogP contribution in [0, 0.1) is 0 Å². The van der Waals surface area contributed by atoms with E-state index in [1.807, 2.05) is 6.92 Å². The molecule has 2 atom stereocenters. The van der Waals surface area contributed by atoms with Crippen molar-refractivity contribution in [2.45, 2.75) is 136 Å². The SMILES string of the molecule is CCC(C)(O)O.CCCCCCC(O)(CC)C(O)CO.CCCCCCCC(=O)NO. The Hall–Kier alpha value is -0.770. The molecule has 0 bridgehead atoms. The van der Waals surface area contributed by atoms with Crippen molar-refractivity contribution in [2.75, 3.05) is 6.61 Å². The predicted octanol–water partition coefficient (Wildman–Crippen LogP) is 3.40. The summed E-state index contributed by atoms with van der Waals surface area (Å²) in [7, 11) is 0. The summed E-state index contributed by atoms with van der Waals surface area (Å²) in [6.07, 6.45) is 10.8. The first-order valence-corrected chi connectivity index (χ1v) is 11.9. The number of amides is 1. The van der Waals surface area contributed by atoms with Crippen LogP contribution in [-0.4, -0.2) is 60.7 Å². The van der Waals surface area contributed by atoms with Crippen LogP contribution in [0.15, 0.2) is 0 Å². The number of unbranched alkanes of at least 4 members (excludes halogenated alkanes) is 7. The second kappa shape index (κ2) is 22.4. The van der Waals surface area contributed by atoms with E-state index >= 15 is 0 Å². The molecule has 1 amide bonds. The Labute approximate surface area is 189 Å². The van der Waals surface area contributed by atoms with E-state index in [0.717, 1.165) is 38.5 Å². The monoisotopic (exact) mass is 453 g/mol. The van der Waals surface area contributed by atoms with Gasteiger partial charge in [0.05, 0.1) is 12.2 Å². The lowest BCUT2D eigenvalue weighted by atomic mass is 9.88. The van der Waals surface area contributed by atoms with E-state index < -0.39 is 17.5 Å². The molecule has 2 unspecified atom stereocenters. The smallest absolute Gasteiger partial charge is 0.243 e. The second-order valence-corrected chi connectivity index (χ2v) is 8.24. The number of carbonyl (C=O) groups is 1. The standard InChI is InChI=1S/C11H24O3.C8H17NO2.C4H10O2/c1-3-5-6-7-8-11(14,4-2)10(13)9-12;1-2-3-4-5-6-7-8(10)9-11;1-3-4(2,5)6/h10,12-14H,3-9H2,1-2H3;11H,2-7H2,1H3,(H,9,10);5-6H,3H2,1-2H3. The van der Waals surface area contributed by atoms with Crippen LogP contribution >= 0.6 is 0 Å². The van der Waals surface area contributed by atoms with Crippen LogP contribution in [0.25, 0.3) is 0 Å². The van der Waals surface area contributed by atoms with E-state index in [2.05, 4.69) is 13.8 Å². The number of hydroxylamine groups is 1. The molecule has 0 spiro atoms.